The van der Waals surface area contributed by atoms with Gasteiger partial charge in [-0.05, 0) is 31.2 Å². The van der Waals surface area contributed by atoms with Gasteiger partial charge in [0.2, 0.25) is 0 Å². The molecular formula is C10H8FNS. The summed E-state index contributed by atoms with van der Waals surface area (Å²) < 4.78 is 13.2. The predicted molar refractivity (Wildman–Crippen MR) is 52.2 cm³/mol. The van der Waals surface area contributed by atoms with Gasteiger partial charge < -0.3 is 0 Å². The van der Waals surface area contributed by atoms with Crippen LogP contribution in [0.5, 0.6) is 0 Å². The highest BCUT2D eigenvalue weighted by atomic mass is 32.1. The number of rotatable bonds is 1. The highest BCUT2D eigenvalue weighted by Crippen LogP contribution is 2.27. The van der Waals surface area contributed by atoms with Crippen molar-refractivity contribution >= 4 is 11.3 Å². The number of pyridine rings is 1. The van der Waals surface area contributed by atoms with E-state index in [0.717, 1.165) is 4.88 Å². The van der Waals surface area contributed by atoms with Crippen LogP contribution in [0.3, 0.4) is 0 Å². The Balaban J connectivity index is 2.52. The molecule has 1 nitrogen and oxygen atoms in total. The molecule has 2 rings (SSSR count). The molecule has 3 heteroatoms. The van der Waals surface area contributed by atoms with Gasteiger partial charge >= 0.3 is 0 Å². The molecule has 0 aliphatic carbocycles. The van der Waals surface area contributed by atoms with Crippen molar-refractivity contribution in [2.45, 2.75) is 6.92 Å². The van der Waals surface area contributed by atoms with Crippen LogP contribution in [0.4, 0.5) is 4.39 Å². The molecule has 0 atom stereocenters. The van der Waals surface area contributed by atoms with Gasteiger partial charge in [-0.15, -0.1) is 11.3 Å². The number of aromatic nitrogens is 1. The lowest BCUT2D eigenvalue weighted by Crippen LogP contribution is -1.84. The average Bonchev–Trinajstić information content (AvgIpc) is 2.53. The van der Waals surface area contributed by atoms with Crippen LogP contribution in [0.1, 0.15) is 4.88 Å². The average molecular weight is 193 g/mol. The fraction of sp³-hybridized carbons (Fsp3) is 0.100. The second-order valence-corrected chi connectivity index (χ2v) is 4.03. The Hall–Kier alpha value is -1.22. The van der Waals surface area contributed by atoms with E-state index < -0.39 is 0 Å². The second kappa shape index (κ2) is 3.26. The number of aryl methyl sites for hydroxylation is 1. The molecule has 13 heavy (non-hydrogen) atoms. The quantitative estimate of drug-likeness (QED) is 0.677. The van der Waals surface area contributed by atoms with E-state index in [1.807, 2.05) is 19.1 Å². The Morgan fingerprint density at radius 1 is 1.31 bits per heavy atom. The Morgan fingerprint density at radius 2 is 2.15 bits per heavy atom. The highest BCUT2D eigenvalue weighted by molar-refractivity contribution is 7.15. The first kappa shape index (κ1) is 8.38. The SMILES string of the molecule is Cc1ccc(-c2ncccc2F)s1. The van der Waals surface area contributed by atoms with Gasteiger partial charge in [-0.2, -0.15) is 0 Å². The Labute approximate surface area is 79.9 Å². The van der Waals surface area contributed by atoms with Crippen molar-refractivity contribution in [2.24, 2.45) is 0 Å². The highest BCUT2D eigenvalue weighted by Gasteiger charge is 2.06. The van der Waals surface area contributed by atoms with Crippen molar-refractivity contribution in [1.29, 1.82) is 0 Å². The van der Waals surface area contributed by atoms with Crippen molar-refractivity contribution in [2.75, 3.05) is 0 Å². The van der Waals surface area contributed by atoms with Gasteiger partial charge in [0.05, 0.1) is 4.88 Å². The second-order valence-electron chi connectivity index (χ2n) is 2.74. The maximum atomic E-state index is 13.2. The molecule has 2 aromatic rings. The van der Waals surface area contributed by atoms with E-state index >= 15 is 0 Å². The largest absolute Gasteiger partial charge is 0.252 e. The molecular weight excluding hydrogens is 185 g/mol. The third kappa shape index (κ3) is 1.60. The van der Waals surface area contributed by atoms with Gasteiger partial charge in [0, 0.05) is 11.1 Å². The summed E-state index contributed by atoms with van der Waals surface area (Å²) in [5.74, 6) is -0.260. The zero-order valence-electron chi connectivity index (χ0n) is 7.12. The van der Waals surface area contributed by atoms with E-state index in [2.05, 4.69) is 4.98 Å². The van der Waals surface area contributed by atoms with Crippen LogP contribution in [0.25, 0.3) is 10.6 Å². The lowest BCUT2D eigenvalue weighted by molar-refractivity contribution is 0.626. The first-order valence-corrected chi connectivity index (χ1v) is 4.76. The topological polar surface area (TPSA) is 12.9 Å². The summed E-state index contributed by atoms with van der Waals surface area (Å²) in [5.41, 5.74) is 0.445. The molecule has 0 bridgehead atoms. The minimum absolute atomic E-state index is 0.260. The molecule has 0 saturated heterocycles. The Kier molecular flexibility index (Phi) is 2.10. The molecule has 0 unspecified atom stereocenters. The molecule has 0 aliphatic heterocycles. The van der Waals surface area contributed by atoms with Crippen LogP contribution >= 0.6 is 11.3 Å². The maximum absolute atomic E-state index is 13.2. The molecule has 0 saturated carbocycles. The van der Waals surface area contributed by atoms with Crippen molar-refractivity contribution in [1.82, 2.24) is 4.98 Å². The van der Waals surface area contributed by atoms with Crippen LogP contribution in [-0.2, 0) is 0 Å². The molecule has 0 fully saturated rings. The number of thiophene rings is 1. The third-order valence-corrected chi connectivity index (χ3v) is 2.74. The van der Waals surface area contributed by atoms with Crippen molar-refractivity contribution in [3.05, 3.63) is 41.2 Å². The molecule has 66 valence electrons. The fourth-order valence-electron chi connectivity index (χ4n) is 1.13. The maximum Gasteiger partial charge on any atom is 0.150 e. The van der Waals surface area contributed by atoms with Crippen molar-refractivity contribution in [3.63, 3.8) is 0 Å². The lowest BCUT2D eigenvalue weighted by Gasteiger charge is -1.96. The minimum atomic E-state index is -0.260. The van der Waals surface area contributed by atoms with E-state index in [9.17, 15) is 4.39 Å². The van der Waals surface area contributed by atoms with E-state index in [1.54, 1.807) is 23.6 Å². The molecule has 0 amide bonds. The number of hydrogen-bond acceptors (Lipinski definition) is 2. The summed E-state index contributed by atoms with van der Waals surface area (Å²) in [6.07, 6.45) is 1.60. The minimum Gasteiger partial charge on any atom is -0.252 e. The number of hydrogen-bond donors (Lipinski definition) is 0. The zero-order valence-corrected chi connectivity index (χ0v) is 7.94. The molecule has 0 spiro atoms. The summed E-state index contributed by atoms with van der Waals surface area (Å²) in [6, 6.07) is 6.89. The van der Waals surface area contributed by atoms with Gasteiger partial charge in [0.1, 0.15) is 11.5 Å². The molecule has 0 radical (unpaired) electrons. The predicted octanol–water partition coefficient (Wildman–Crippen LogP) is 3.26. The van der Waals surface area contributed by atoms with Gasteiger partial charge in [0.15, 0.2) is 0 Å². The van der Waals surface area contributed by atoms with Crippen LogP contribution in [0.15, 0.2) is 30.5 Å². The van der Waals surface area contributed by atoms with E-state index in [-0.39, 0.29) is 5.82 Å². The van der Waals surface area contributed by atoms with Gasteiger partial charge in [-0.1, -0.05) is 0 Å². The molecule has 2 heterocycles. The first-order valence-electron chi connectivity index (χ1n) is 3.95. The monoisotopic (exact) mass is 193 g/mol. The summed E-state index contributed by atoms with van der Waals surface area (Å²) >= 11 is 1.55. The van der Waals surface area contributed by atoms with Crippen LogP contribution in [0, 0.1) is 12.7 Å². The molecule has 0 aliphatic rings. The number of nitrogens with zero attached hydrogens (tertiary/aromatic N) is 1. The van der Waals surface area contributed by atoms with Crippen molar-refractivity contribution in [3.8, 4) is 10.6 Å². The van der Waals surface area contributed by atoms with Gasteiger partial charge in [0.25, 0.3) is 0 Å². The third-order valence-electron chi connectivity index (χ3n) is 1.73. The van der Waals surface area contributed by atoms with E-state index in [1.165, 1.54) is 10.9 Å². The molecule has 0 aromatic carbocycles. The Morgan fingerprint density at radius 3 is 2.77 bits per heavy atom. The molecule has 2 aromatic heterocycles. The van der Waals surface area contributed by atoms with Crippen molar-refractivity contribution < 1.29 is 4.39 Å². The van der Waals surface area contributed by atoms with Gasteiger partial charge in [-0.25, -0.2) is 4.39 Å². The smallest absolute Gasteiger partial charge is 0.150 e. The Bertz CT molecular complexity index is 422. The first-order chi connectivity index (χ1) is 6.27. The normalized spacial score (nSPS) is 10.3. The van der Waals surface area contributed by atoms with Gasteiger partial charge in [-0.3, -0.25) is 4.98 Å². The summed E-state index contributed by atoms with van der Waals surface area (Å²) in [4.78, 5) is 6.05. The lowest BCUT2D eigenvalue weighted by atomic mass is 10.3. The van der Waals surface area contributed by atoms with Crippen LogP contribution in [-0.4, -0.2) is 4.98 Å². The summed E-state index contributed by atoms with van der Waals surface area (Å²) in [5, 5.41) is 0. The standard InChI is InChI=1S/C10H8FNS/c1-7-4-5-9(13-7)10-8(11)3-2-6-12-10/h2-6H,1H3. The zero-order chi connectivity index (χ0) is 9.26. The van der Waals surface area contributed by atoms with Crippen LogP contribution in [0.2, 0.25) is 0 Å². The summed E-state index contributed by atoms with van der Waals surface area (Å²) in [6.45, 7) is 2.00. The summed E-state index contributed by atoms with van der Waals surface area (Å²) in [7, 11) is 0. The van der Waals surface area contributed by atoms with E-state index in [0.29, 0.717) is 5.69 Å². The number of halogens is 1. The molecule has 0 N–H and O–H groups in total. The fourth-order valence-corrected chi connectivity index (χ4v) is 1.99. The van der Waals surface area contributed by atoms with Crippen LogP contribution < -0.4 is 0 Å². The van der Waals surface area contributed by atoms with E-state index in [4.69, 9.17) is 0 Å².